The highest BCUT2D eigenvalue weighted by Crippen LogP contribution is 2.17. The predicted molar refractivity (Wildman–Crippen MR) is 80.2 cm³/mol. The molecule has 1 aromatic carbocycles. The fourth-order valence-corrected chi connectivity index (χ4v) is 2.25. The second-order valence-corrected chi connectivity index (χ2v) is 5.02. The van der Waals surface area contributed by atoms with E-state index < -0.39 is 0 Å². The molecule has 0 aliphatic heterocycles. The molecular formula is C13H17N5S. The van der Waals surface area contributed by atoms with Crippen LogP contribution < -0.4 is 16.6 Å². The normalized spacial score (nSPS) is 13.1. The quantitative estimate of drug-likeness (QED) is 0.346. The molecule has 0 aliphatic rings. The first kappa shape index (κ1) is 13.5. The molecular weight excluding hydrogens is 258 g/mol. The number of rotatable bonds is 4. The molecule has 5 nitrogen and oxygen atoms in total. The fourth-order valence-electron chi connectivity index (χ4n) is 1.56. The Morgan fingerprint density at radius 1 is 1.42 bits per heavy atom. The third-order valence-corrected chi connectivity index (χ3v) is 3.58. The van der Waals surface area contributed by atoms with E-state index in [1.165, 1.54) is 0 Å². The minimum atomic E-state index is 0.279. The van der Waals surface area contributed by atoms with E-state index in [-0.39, 0.29) is 5.92 Å². The van der Waals surface area contributed by atoms with Crippen molar-refractivity contribution in [2.45, 2.75) is 12.8 Å². The van der Waals surface area contributed by atoms with E-state index in [0.717, 1.165) is 10.7 Å². The number of anilines is 1. The second-order valence-electron chi connectivity index (χ2n) is 4.10. The van der Waals surface area contributed by atoms with Crippen LogP contribution in [0.4, 0.5) is 5.69 Å². The van der Waals surface area contributed by atoms with Crippen LogP contribution in [0.15, 0.2) is 46.9 Å². The van der Waals surface area contributed by atoms with Crippen molar-refractivity contribution in [2.75, 3.05) is 11.9 Å². The lowest BCUT2D eigenvalue weighted by atomic mass is 10.2. The maximum Gasteiger partial charge on any atom is 0.210 e. The number of nitrogens with zero attached hydrogens (tertiary/aromatic N) is 2. The molecule has 0 amide bonds. The molecule has 0 bridgehead atoms. The molecule has 1 atom stereocenters. The molecule has 0 aliphatic carbocycles. The monoisotopic (exact) mass is 275 g/mol. The molecule has 6 heteroatoms. The lowest BCUT2D eigenvalue weighted by Gasteiger charge is -2.10. The van der Waals surface area contributed by atoms with Gasteiger partial charge in [-0.05, 0) is 12.1 Å². The first-order chi connectivity index (χ1) is 9.29. The van der Waals surface area contributed by atoms with Crippen LogP contribution in [0.25, 0.3) is 0 Å². The van der Waals surface area contributed by atoms with Crippen LogP contribution in [0, 0.1) is 0 Å². The lowest BCUT2D eigenvalue weighted by Crippen LogP contribution is -2.36. The number of nitrogens with one attached hydrogen (secondary N) is 2. The summed E-state index contributed by atoms with van der Waals surface area (Å²) in [6, 6.07) is 9.78. The van der Waals surface area contributed by atoms with E-state index in [1.807, 2.05) is 41.9 Å². The van der Waals surface area contributed by atoms with Crippen molar-refractivity contribution in [2.24, 2.45) is 10.8 Å². The van der Waals surface area contributed by atoms with Gasteiger partial charge in [-0.25, -0.2) is 10.8 Å². The Hall–Kier alpha value is -1.92. The number of hydrogen-bond acceptors (Lipinski definition) is 4. The summed E-state index contributed by atoms with van der Waals surface area (Å²) in [7, 11) is 0. The molecule has 1 heterocycles. The Labute approximate surface area is 116 Å². The maximum absolute atomic E-state index is 5.47. The number of aliphatic imine (C=N–C) groups is 1. The third-order valence-electron chi connectivity index (χ3n) is 2.57. The van der Waals surface area contributed by atoms with E-state index in [0.29, 0.717) is 12.5 Å². The Morgan fingerprint density at radius 3 is 2.84 bits per heavy atom. The van der Waals surface area contributed by atoms with Crippen molar-refractivity contribution < 1.29 is 0 Å². The highest BCUT2D eigenvalue weighted by Gasteiger charge is 2.07. The van der Waals surface area contributed by atoms with Crippen LogP contribution in [0.2, 0.25) is 0 Å². The highest BCUT2D eigenvalue weighted by atomic mass is 32.1. The number of para-hydroxylation sites is 1. The van der Waals surface area contributed by atoms with Gasteiger partial charge in [0.25, 0.3) is 0 Å². The number of hydrogen-bond donors (Lipinski definition) is 3. The van der Waals surface area contributed by atoms with Crippen LogP contribution in [-0.4, -0.2) is 17.5 Å². The summed E-state index contributed by atoms with van der Waals surface area (Å²) in [5, 5.41) is 6.18. The van der Waals surface area contributed by atoms with Crippen molar-refractivity contribution in [1.82, 2.24) is 10.4 Å². The van der Waals surface area contributed by atoms with Gasteiger partial charge in [0, 0.05) is 23.2 Å². The molecule has 0 spiro atoms. The smallest absolute Gasteiger partial charge is 0.210 e. The van der Waals surface area contributed by atoms with E-state index >= 15 is 0 Å². The van der Waals surface area contributed by atoms with Crippen LogP contribution in [-0.2, 0) is 0 Å². The standard InChI is InChI=1S/C13H17N5S/c1-10(12-15-7-8-19-12)9-16-13(18-14)17-11-5-3-2-4-6-11/h2-8,10H,9,14H2,1H3,(H2,16,17,18). The molecule has 0 radical (unpaired) electrons. The second kappa shape index (κ2) is 6.86. The first-order valence-corrected chi connectivity index (χ1v) is 6.90. The van der Waals surface area contributed by atoms with Gasteiger partial charge < -0.3 is 5.32 Å². The molecule has 0 saturated carbocycles. The summed E-state index contributed by atoms with van der Waals surface area (Å²) in [5.41, 5.74) is 3.52. The molecule has 0 fully saturated rings. The van der Waals surface area contributed by atoms with Crippen molar-refractivity contribution >= 4 is 23.0 Å². The third kappa shape index (κ3) is 4.04. The van der Waals surface area contributed by atoms with Crippen LogP contribution >= 0.6 is 11.3 Å². The number of hydrazine groups is 1. The Morgan fingerprint density at radius 2 is 2.21 bits per heavy atom. The molecule has 4 N–H and O–H groups in total. The number of nitrogens with two attached hydrogens (primary N) is 1. The number of thiazole rings is 1. The van der Waals surface area contributed by atoms with Gasteiger partial charge in [-0.3, -0.25) is 10.4 Å². The van der Waals surface area contributed by atoms with Crippen molar-refractivity contribution in [1.29, 1.82) is 0 Å². The molecule has 2 rings (SSSR count). The minimum Gasteiger partial charge on any atom is -0.325 e. The van der Waals surface area contributed by atoms with Gasteiger partial charge in [-0.1, -0.05) is 25.1 Å². The average molecular weight is 275 g/mol. The van der Waals surface area contributed by atoms with E-state index in [1.54, 1.807) is 11.3 Å². The molecule has 100 valence electrons. The summed E-state index contributed by atoms with van der Waals surface area (Å²) in [4.78, 5) is 8.71. The van der Waals surface area contributed by atoms with Gasteiger partial charge >= 0.3 is 0 Å². The molecule has 1 unspecified atom stereocenters. The Bertz CT molecular complexity index is 509. The van der Waals surface area contributed by atoms with Gasteiger partial charge in [0.1, 0.15) is 0 Å². The zero-order chi connectivity index (χ0) is 13.5. The van der Waals surface area contributed by atoms with Gasteiger partial charge in [-0.15, -0.1) is 11.3 Å². The molecule has 2 aromatic rings. The SMILES string of the molecule is CC(CN=C(NN)Nc1ccccc1)c1nccs1. The Kier molecular flexibility index (Phi) is 4.88. The van der Waals surface area contributed by atoms with Crippen molar-refractivity contribution in [3.63, 3.8) is 0 Å². The van der Waals surface area contributed by atoms with E-state index in [2.05, 4.69) is 27.6 Å². The zero-order valence-corrected chi connectivity index (χ0v) is 11.5. The Balaban J connectivity index is 1.96. The van der Waals surface area contributed by atoms with Crippen LogP contribution in [0.1, 0.15) is 17.8 Å². The van der Waals surface area contributed by atoms with Crippen molar-refractivity contribution in [3.05, 3.63) is 46.9 Å². The highest BCUT2D eigenvalue weighted by molar-refractivity contribution is 7.09. The maximum atomic E-state index is 5.47. The minimum absolute atomic E-state index is 0.279. The largest absolute Gasteiger partial charge is 0.325 e. The summed E-state index contributed by atoms with van der Waals surface area (Å²) in [6.07, 6.45) is 1.81. The van der Waals surface area contributed by atoms with E-state index in [4.69, 9.17) is 5.84 Å². The summed E-state index contributed by atoms with van der Waals surface area (Å²) < 4.78 is 0. The van der Waals surface area contributed by atoms with Gasteiger partial charge in [0.05, 0.1) is 11.6 Å². The molecule has 0 saturated heterocycles. The lowest BCUT2D eigenvalue weighted by molar-refractivity contribution is 0.761. The number of benzene rings is 1. The molecule has 1 aromatic heterocycles. The van der Waals surface area contributed by atoms with Crippen molar-refractivity contribution in [3.8, 4) is 0 Å². The van der Waals surface area contributed by atoms with Gasteiger partial charge in [-0.2, -0.15) is 0 Å². The van der Waals surface area contributed by atoms with E-state index in [9.17, 15) is 0 Å². The first-order valence-electron chi connectivity index (χ1n) is 6.02. The summed E-state index contributed by atoms with van der Waals surface area (Å²) >= 11 is 1.64. The number of aromatic nitrogens is 1. The zero-order valence-electron chi connectivity index (χ0n) is 10.7. The summed E-state index contributed by atoms with van der Waals surface area (Å²) in [5.74, 6) is 6.30. The van der Waals surface area contributed by atoms with Crippen LogP contribution in [0.5, 0.6) is 0 Å². The average Bonchev–Trinajstić information content (AvgIpc) is 2.98. The number of guanidine groups is 1. The van der Waals surface area contributed by atoms with Gasteiger partial charge in [0.2, 0.25) is 5.96 Å². The topological polar surface area (TPSA) is 75.3 Å². The van der Waals surface area contributed by atoms with Gasteiger partial charge in [0.15, 0.2) is 0 Å². The summed E-state index contributed by atoms with van der Waals surface area (Å²) in [6.45, 7) is 2.73. The van der Waals surface area contributed by atoms with Crippen LogP contribution in [0.3, 0.4) is 0 Å². The predicted octanol–water partition coefficient (Wildman–Crippen LogP) is 2.18. The fraction of sp³-hybridized carbons (Fsp3) is 0.231. The molecule has 19 heavy (non-hydrogen) atoms.